The van der Waals surface area contributed by atoms with Crippen LogP contribution < -0.4 is 0 Å². The van der Waals surface area contributed by atoms with Gasteiger partial charge in [-0.25, -0.2) is 4.79 Å². The van der Waals surface area contributed by atoms with Gasteiger partial charge in [0.15, 0.2) is 0 Å². The molecule has 5 heteroatoms. The number of benzene rings is 1. The smallest absolute Gasteiger partial charge is 0.410 e. The van der Waals surface area contributed by atoms with E-state index in [9.17, 15) is 9.90 Å². The summed E-state index contributed by atoms with van der Waals surface area (Å²) in [6, 6.07) is 10.6. The van der Waals surface area contributed by atoms with Gasteiger partial charge in [0.1, 0.15) is 5.60 Å². The van der Waals surface area contributed by atoms with Crippen LogP contribution in [0.4, 0.5) is 4.79 Å². The predicted molar refractivity (Wildman–Crippen MR) is 97.2 cm³/mol. The fourth-order valence-electron chi connectivity index (χ4n) is 4.06. The molecule has 3 atom stereocenters. The number of fused-ring (bicyclic) bond motifs is 4. The monoisotopic (exact) mass is 346 g/mol. The highest BCUT2D eigenvalue weighted by molar-refractivity contribution is 5.69. The summed E-state index contributed by atoms with van der Waals surface area (Å²) in [6.45, 7) is 8.08. The second-order valence-electron chi connectivity index (χ2n) is 8.29. The Morgan fingerprint density at radius 1 is 1.20 bits per heavy atom. The third kappa shape index (κ3) is 4.33. The summed E-state index contributed by atoms with van der Waals surface area (Å²) in [5.74, 6) is 0.292. The normalized spacial score (nSPS) is 27.2. The maximum Gasteiger partial charge on any atom is 0.410 e. The third-order valence-electron chi connectivity index (χ3n) is 5.25. The van der Waals surface area contributed by atoms with Crippen molar-refractivity contribution < 1.29 is 14.6 Å². The molecule has 2 bridgehead atoms. The number of carbonyl (C=O) groups is 1. The minimum Gasteiger partial charge on any atom is -0.444 e. The van der Waals surface area contributed by atoms with E-state index in [0.29, 0.717) is 18.5 Å². The Morgan fingerprint density at radius 2 is 1.92 bits per heavy atom. The topological polar surface area (TPSA) is 53.0 Å². The first kappa shape index (κ1) is 18.2. The molecule has 5 nitrogen and oxygen atoms in total. The van der Waals surface area contributed by atoms with Crippen LogP contribution in [0.2, 0.25) is 0 Å². The zero-order valence-electron chi connectivity index (χ0n) is 15.5. The van der Waals surface area contributed by atoms with Crippen molar-refractivity contribution in [2.75, 3.05) is 19.7 Å². The zero-order chi connectivity index (χ0) is 18.0. The summed E-state index contributed by atoms with van der Waals surface area (Å²) < 4.78 is 5.60. The molecule has 1 N–H and O–H groups in total. The van der Waals surface area contributed by atoms with Gasteiger partial charge in [0.25, 0.3) is 0 Å². The minimum absolute atomic E-state index is 0.00416. The van der Waals surface area contributed by atoms with Gasteiger partial charge in [-0.05, 0) is 45.1 Å². The molecule has 3 aliphatic heterocycles. The molecule has 25 heavy (non-hydrogen) atoms. The average molecular weight is 346 g/mol. The second-order valence-corrected chi connectivity index (χ2v) is 8.29. The summed E-state index contributed by atoms with van der Waals surface area (Å²) in [5.41, 5.74) is 0.769. The van der Waals surface area contributed by atoms with Gasteiger partial charge >= 0.3 is 6.09 Å². The highest BCUT2D eigenvalue weighted by Gasteiger charge is 2.43. The van der Waals surface area contributed by atoms with E-state index in [4.69, 9.17) is 4.74 Å². The van der Waals surface area contributed by atoms with Crippen molar-refractivity contribution in [3.05, 3.63) is 35.9 Å². The van der Waals surface area contributed by atoms with E-state index in [1.807, 2.05) is 26.8 Å². The van der Waals surface area contributed by atoms with Crippen LogP contribution in [0.25, 0.3) is 0 Å². The quantitative estimate of drug-likeness (QED) is 0.914. The first-order valence-electron chi connectivity index (χ1n) is 9.26. The van der Waals surface area contributed by atoms with E-state index < -0.39 is 5.60 Å². The highest BCUT2D eigenvalue weighted by atomic mass is 16.6. The molecular weight excluding hydrogens is 316 g/mol. The number of rotatable bonds is 3. The number of piperidine rings is 1. The van der Waals surface area contributed by atoms with Crippen LogP contribution in [0.5, 0.6) is 0 Å². The molecule has 0 aliphatic carbocycles. The van der Waals surface area contributed by atoms with Gasteiger partial charge in [-0.2, -0.15) is 0 Å². The van der Waals surface area contributed by atoms with E-state index in [1.165, 1.54) is 5.56 Å². The number of hydrogen-bond acceptors (Lipinski definition) is 4. The van der Waals surface area contributed by atoms with Crippen molar-refractivity contribution >= 4 is 6.09 Å². The standard InChI is InChI=1S/C20H30N2O3/c1-20(2,3)25-19(24)22-13-17-10-9-16(18(22)14-23)12-21(17)11-15-7-5-4-6-8-15/h4-8,16-18,23H,9-14H2,1-3H3/t16-,17-,18+/m1/s1. The second kappa shape index (κ2) is 7.34. The van der Waals surface area contributed by atoms with Gasteiger partial charge in [-0.15, -0.1) is 0 Å². The Hall–Kier alpha value is -1.59. The molecular formula is C20H30N2O3. The van der Waals surface area contributed by atoms with E-state index >= 15 is 0 Å². The first-order chi connectivity index (χ1) is 11.9. The largest absolute Gasteiger partial charge is 0.444 e. The number of aliphatic hydroxyl groups is 1. The molecule has 1 aromatic rings. The van der Waals surface area contributed by atoms with Crippen molar-refractivity contribution in [1.82, 2.24) is 9.80 Å². The van der Waals surface area contributed by atoms with E-state index in [-0.39, 0.29) is 18.7 Å². The Labute approximate surface area is 150 Å². The van der Waals surface area contributed by atoms with Gasteiger partial charge in [-0.3, -0.25) is 4.90 Å². The fourth-order valence-corrected chi connectivity index (χ4v) is 4.06. The number of nitrogens with zero attached hydrogens (tertiary/aromatic N) is 2. The third-order valence-corrected chi connectivity index (χ3v) is 5.25. The van der Waals surface area contributed by atoms with Crippen LogP contribution in [0.3, 0.4) is 0 Å². The van der Waals surface area contributed by atoms with Crippen molar-refractivity contribution in [2.45, 2.75) is 57.8 Å². The Bertz CT molecular complexity index is 584. The lowest BCUT2D eigenvalue weighted by atomic mass is 9.89. The summed E-state index contributed by atoms with van der Waals surface area (Å²) in [7, 11) is 0. The van der Waals surface area contributed by atoms with Crippen molar-refractivity contribution in [3.63, 3.8) is 0 Å². The van der Waals surface area contributed by atoms with Gasteiger partial charge < -0.3 is 14.7 Å². The Balaban J connectivity index is 1.77. The lowest BCUT2D eigenvalue weighted by Crippen LogP contribution is -2.48. The fraction of sp³-hybridized carbons (Fsp3) is 0.650. The summed E-state index contributed by atoms with van der Waals surface area (Å²) in [6.07, 6.45) is 1.82. The molecule has 3 heterocycles. The minimum atomic E-state index is -0.522. The molecule has 0 spiro atoms. The summed E-state index contributed by atoms with van der Waals surface area (Å²) >= 11 is 0. The predicted octanol–water partition coefficient (Wildman–Crippen LogP) is 2.88. The van der Waals surface area contributed by atoms with Crippen molar-refractivity contribution in [1.29, 1.82) is 0 Å². The average Bonchev–Trinajstić information content (AvgIpc) is 2.82. The van der Waals surface area contributed by atoms with Crippen LogP contribution >= 0.6 is 0 Å². The SMILES string of the molecule is CC(C)(C)OC(=O)N1C[C@H]2CC[C@H](CN2Cc2ccccc2)[C@@H]1CO. The van der Waals surface area contributed by atoms with Crippen LogP contribution in [-0.4, -0.2) is 58.4 Å². The maximum atomic E-state index is 12.7. The molecule has 1 aromatic carbocycles. The van der Waals surface area contributed by atoms with E-state index in [1.54, 1.807) is 4.90 Å². The van der Waals surface area contributed by atoms with Gasteiger partial charge in [0.05, 0.1) is 12.6 Å². The van der Waals surface area contributed by atoms with E-state index in [0.717, 1.165) is 25.9 Å². The molecule has 0 radical (unpaired) electrons. The zero-order valence-corrected chi connectivity index (χ0v) is 15.5. The number of hydrogen-bond donors (Lipinski definition) is 1. The molecule has 138 valence electrons. The lowest BCUT2D eigenvalue weighted by molar-refractivity contribution is 0.00538. The molecule has 4 rings (SSSR count). The van der Waals surface area contributed by atoms with Crippen LogP contribution in [-0.2, 0) is 11.3 Å². The lowest BCUT2D eigenvalue weighted by Gasteiger charge is -2.36. The number of aliphatic hydroxyl groups excluding tert-OH is 1. The van der Waals surface area contributed by atoms with Gasteiger partial charge in [0.2, 0.25) is 0 Å². The molecule has 0 unspecified atom stereocenters. The Morgan fingerprint density at radius 3 is 2.56 bits per heavy atom. The van der Waals surface area contributed by atoms with Crippen LogP contribution in [0.1, 0.15) is 39.2 Å². The van der Waals surface area contributed by atoms with Crippen molar-refractivity contribution in [3.8, 4) is 0 Å². The highest BCUT2D eigenvalue weighted by Crippen LogP contribution is 2.34. The maximum absolute atomic E-state index is 12.7. The molecule has 0 saturated carbocycles. The molecule has 3 fully saturated rings. The summed E-state index contributed by atoms with van der Waals surface area (Å²) in [4.78, 5) is 16.9. The van der Waals surface area contributed by atoms with Crippen LogP contribution in [0.15, 0.2) is 30.3 Å². The Kier molecular flexibility index (Phi) is 5.35. The van der Waals surface area contributed by atoms with Gasteiger partial charge in [0, 0.05) is 25.7 Å². The van der Waals surface area contributed by atoms with Crippen molar-refractivity contribution in [2.24, 2.45) is 5.92 Å². The first-order valence-corrected chi connectivity index (χ1v) is 9.26. The number of carbonyl (C=O) groups excluding carboxylic acids is 1. The molecule has 3 saturated heterocycles. The van der Waals surface area contributed by atoms with Crippen LogP contribution in [0, 0.1) is 5.92 Å². The summed E-state index contributed by atoms with van der Waals surface area (Å²) in [5, 5.41) is 9.96. The van der Waals surface area contributed by atoms with E-state index in [2.05, 4.69) is 29.2 Å². The number of amides is 1. The molecule has 1 amide bonds. The molecule has 0 aromatic heterocycles. The number of ether oxygens (including phenoxy) is 1. The van der Waals surface area contributed by atoms with Gasteiger partial charge in [-0.1, -0.05) is 30.3 Å². The molecule has 3 aliphatic rings.